The molecule has 4 rings (SSSR count). The van der Waals surface area contributed by atoms with Crippen molar-refractivity contribution >= 4 is 52.8 Å². The Hall–Kier alpha value is -3.35. The van der Waals surface area contributed by atoms with E-state index in [0.717, 1.165) is 10.5 Å². The largest absolute Gasteiger partial charge is 0.457 e. The molecule has 0 aliphatic carbocycles. The van der Waals surface area contributed by atoms with Crippen LogP contribution in [0.3, 0.4) is 0 Å². The molecule has 0 radical (unpaired) electrons. The summed E-state index contributed by atoms with van der Waals surface area (Å²) in [6.45, 7) is 1.89. The fourth-order valence-corrected chi connectivity index (χ4v) is 3.49. The first-order valence-corrected chi connectivity index (χ1v) is 9.62. The van der Waals surface area contributed by atoms with E-state index in [2.05, 4.69) is 5.32 Å². The van der Waals surface area contributed by atoms with Crippen LogP contribution in [0.4, 0.5) is 10.5 Å². The SMILES string of the molecule is Cc1ccc(N2C(=O)NC(=O)/C(=C/c3ccc(-c4ccc(Cl)cc4Cl)o3)C2=O)cc1. The Kier molecular flexibility index (Phi) is 5.20. The number of halogens is 2. The quantitative estimate of drug-likeness (QED) is 0.446. The van der Waals surface area contributed by atoms with Gasteiger partial charge in [0.2, 0.25) is 0 Å². The number of benzene rings is 2. The second kappa shape index (κ2) is 7.82. The van der Waals surface area contributed by atoms with Gasteiger partial charge in [0.15, 0.2) is 0 Å². The van der Waals surface area contributed by atoms with Crippen LogP contribution < -0.4 is 10.2 Å². The van der Waals surface area contributed by atoms with Gasteiger partial charge in [-0.05, 0) is 55.5 Å². The Balaban J connectivity index is 1.68. The molecule has 150 valence electrons. The smallest absolute Gasteiger partial charge is 0.335 e. The minimum atomic E-state index is -0.806. The Labute approximate surface area is 181 Å². The number of amides is 4. The third-order valence-electron chi connectivity index (χ3n) is 4.50. The van der Waals surface area contributed by atoms with Crippen LogP contribution in [-0.2, 0) is 9.59 Å². The molecule has 0 saturated carbocycles. The van der Waals surface area contributed by atoms with E-state index in [1.807, 2.05) is 6.92 Å². The molecule has 8 heteroatoms. The van der Waals surface area contributed by atoms with Gasteiger partial charge in [-0.3, -0.25) is 14.9 Å². The number of anilines is 1. The monoisotopic (exact) mass is 440 g/mol. The Morgan fingerprint density at radius 2 is 1.70 bits per heavy atom. The van der Waals surface area contributed by atoms with Crippen molar-refractivity contribution in [2.75, 3.05) is 4.90 Å². The lowest BCUT2D eigenvalue weighted by molar-refractivity contribution is -0.122. The van der Waals surface area contributed by atoms with E-state index in [4.69, 9.17) is 27.6 Å². The maximum absolute atomic E-state index is 12.9. The zero-order chi connectivity index (χ0) is 21.4. The van der Waals surface area contributed by atoms with E-state index in [9.17, 15) is 14.4 Å². The number of imide groups is 2. The molecule has 1 saturated heterocycles. The van der Waals surface area contributed by atoms with Crippen molar-refractivity contribution in [1.82, 2.24) is 5.32 Å². The zero-order valence-electron chi connectivity index (χ0n) is 15.6. The van der Waals surface area contributed by atoms with Crippen LogP contribution >= 0.6 is 23.2 Å². The van der Waals surface area contributed by atoms with Crippen LogP contribution in [0.5, 0.6) is 0 Å². The van der Waals surface area contributed by atoms with E-state index in [1.54, 1.807) is 54.6 Å². The lowest BCUT2D eigenvalue weighted by atomic mass is 10.1. The number of nitrogens with zero attached hydrogens (tertiary/aromatic N) is 1. The summed E-state index contributed by atoms with van der Waals surface area (Å²) in [5.74, 6) is -0.836. The van der Waals surface area contributed by atoms with Crippen molar-refractivity contribution in [1.29, 1.82) is 0 Å². The number of aryl methyl sites for hydroxylation is 1. The number of nitrogens with one attached hydrogen (secondary N) is 1. The Morgan fingerprint density at radius 1 is 0.967 bits per heavy atom. The summed E-state index contributed by atoms with van der Waals surface area (Å²) >= 11 is 12.1. The Morgan fingerprint density at radius 3 is 2.40 bits per heavy atom. The molecular formula is C22H14Cl2N2O4. The highest BCUT2D eigenvalue weighted by atomic mass is 35.5. The highest BCUT2D eigenvalue weighted by Crippen LogP contribution is 2.32. The van der Waals surface area contributed by atoms with E-state index >= 15 is 0 Å². The van der Waals surface area contributed by atoms with E-state index < -0.39 is 17.8 Å². The normalized spacial score (nSPS) is 15.6. The highest BCUT2D eigenvalue weighted by molar-refractivity contribution is 6.39. The predicted molar refractivity (Wildman–Crippen MR) is 114 cm³/mol. The van der Waals surface area contributed by atoms with Crippen molar-refractivity contribution in [3.8, 4) is 11.3 Å². The van der Waals surface area contributed by atoms with E-state index in [-0.39, 0.29) is 11.3 Å². The van der Waals surface area contributed by atoms with Crippen LogP contribution in [0.2, 0.25) is 10.0 Å². The summed E-state index contributed by atoms with van der Waals surface area (Å²) in [6.07, 6.45) is 1.29. The van der Waals surface area contributed by atoms with Crippen molar-refractivity contribution in [3.63, 3.8) is 0 Å². The molecule has 0 unspecified atom stereocenters. The average molecular weight is 441 g/mol. The summed E-state index contributed by atoms with van der Waals surface area (Å²) in [7, 11) is 0. The molecule has 2 aromatic carbocycles. The summed E-state index contributed by atoms with van der Waals surface area (Å²) < 4.78 is 5.73. The number of furan rings is 1. The minimum absolute atomic E-state index is 0.224. The molecule has 1 aliphatic rings. The van der Waals surface area contributed by atoms with Gasteiger partial charge in [0.25, 0.3) is 11.8 Å². The number of urea groups is 1. The third kappa shape index (κ3) is 3.75. The molecule has 1 N–H and O–H groups in total. The molecule has 4 amide bonds. The average Bonchev–Trinajstić information content (AvgIpc) is 3.15. The topological polar surface area (TPSA) is 79.6 Å². The van der Waals surface area contributed by atoms with Crippen molar-refractivity contribution < 1.29 is 18.8 Å². The molecule has 2 heterocycles. The van der Waals surface area contributed by atoms with Gasteiger partial charge in [0, 0.05) is 10.6 Å². The number of barbiturate groups is 1. The number of hydrogen-bond donors (Lipinski definition) is 1. The predicted octanol–water partition coefficient (Wildman–Crippen LogP) is 5.23. The summed E-state index contributed by atoms with van der Waals surface area (Å²) in [6, 6.07) is 14.2. The standard InChI is InChI=1S/C22H14Cl2N2O4/c1-12-2-5-14(6-3-12)26-21(28)17(20(27)25-22(26)29)11-15-7-9-19(30-15)16-8-4-13(23)10-18(16)24/h2-11H,1H3,(H,25,27,29)/b17-11-. The molecular weight excluding hydrogens is 427 g/mol. The van der Waals surface area contributed by atoms with Crippen LogP contribution in [0.15, 0.2) is 64.6 Å². The molecule has 30 heavy (non-hydrogen) atoms. The van der Waals surface area contributed by atoms with Gasteiger partial charge in [0.05, 0.1) is 10.7 Å². The molecule has 0 bridgehead atoms. The first-order valence-electron chi connectivity index (χ1n) is 8.87. The summed E-state index contributed by atoms with van der Waals surface area (Å²) in [5.41, 5.74) is 1.72. The number of carbonyl (C=O) groups excluding carboxylic acids is 3. The van der Waals surface area contributed by atoms with E-state index in [0.29, 0.717) is 27.1 Å². The fraction of sp³-hybridized carbons (Fsp3) is 0.0455. The molecule has 3 aromatic rings. The molecule has 0 spiro atoms. The number of carbonyl (C=O) groups is 3. The second-order valence-corrected chi connectivity index (χ2v) is 7.46. The minimum Gasteiger partial charge on any atom is -0.457 e. The van der Waals surface area contributed by atoms with Gasteiger partial charge in [-0.15, -0.1) is 0 Å². The van der Waals surface area contributed by atoms with E-state index in [1.165, 1.54) is 6.08 Å². The molecule has 0 atom stereocenters. The highest BCUT2D eigenvalue weighted by Gasteiger charge is 2.37. The van der Waals surface area contributed by atoms with Crippen LogP contribution in [0.25, 0.3) is 17.4 Å². The van der Waals surface area contributed by atoms with Crippen molar-refractivity contribution in [3.05, 3.63) is 81.5 Å². The summed E-state index contributed by atoms with van der Waals surface area (Å²) in [4.78, 5) is 38.4. The van der Waals surface area contributed by atoms with Crippen LogP contribution in [0, 0.1) is 6.92 Å². The van der Waals surface area contributed by atoms with Crippen molar-refractivity contribution in [2.45, 2.75) is 6.92 Å². The lowest BCUT2D eigenvalue weighted by Gasteiger charge is -2.26. The van der Waals surface area contributed by atoms with Gasteiger partial charge >= 0.3 is 6.03 Å². The zero-order valence-corrected chi connectivity index (χ0v) is 17.1. The maximum atomic E-state index is 12.9. The van der Waals surface area contributed by atoms with Gasteiger partial charge in [0.1, 0.15) is 17.1 Å². The number of rotatable bonds is 3. The number of hydrogen-bond acceptors (Lipinski definition) is 4. The fourth-order valence-electron chi connectivity index (χ4n) is 2.99. The van der Waals surface area contributed by atoms with Crippen molar-refractivity contribution in [2.24, 2.45) is 0 Å². The lowest BCUT2D eigenvalue weighted by Crippen LogP contribution is -2.54. The summed E-state index contributed by atoms with van der Waals surface area (Å²) in [5, 5.41) is 3.07. The van der Waals surface area contributed by atoms with Gasteiger partial charge in [-0.1, -0.05) is 40.9 Å². The second-order valence-electron chi connectivity index (χ2n) is 6.62. The first kappa shape index (κ1) is 19.9. The first-order chi connectivity index (χ1) is 14.3. The third-order valence-corrected chi connectivity index (χ3v) is 5.05. The molecule has 1 aliphatic heterocycles. The van der Waals surface area contributed by atoms with Gasteiger partial charge in [-0.2, -0.15) is 0 Å². The van der Waals surface area contributed by atoms with Crippen LogP contribution in [0.1, 0.15) is 11.3 Å². The maximum Gasteiger partial charge on any atom is 0.335 e. The molecule has 6 nitrogen and oxygen atoms in total. The van der Waals surface area contributed by atoms with Crippen LogP contribution in [-0.4, -0.2) is 17.8 Å². The Bertz CT molecular complexity index is 1210. The molecule has 1 fully saturated rings. The van der Waals surface area contributed by atoms with Gasteiger partial charge in [-0.25, -0.2) is 9.69 Å². The molecule has 1 aromatic heterocycles. The van der Waals surface area contributed by atoms with Gasteiger partial charge < -0.3 is 4.42 Å².